The van der Waals surface area contributed by atoms with E-state index in [2.05, 4.69) is 0 Å². The van der Waals surface area contributed by atoms with Crippen molar-refractivity contribution in [1.29, 1.82) is 0 Å². The molecule has 1 aliphatic rings. The average Bonchev–Trinajstić information content (AvgIpc) is 2.63. The third-order valence-electron chi connectivity index (χ3n) is 3.00. The molecule has 1 rings (SSSR count). The predicted molar refractivity (Wildman–Crippen MR) is 77.4 cm³/mol. The Labute approximate surface area is 142 Å². The first kappa shape index (κ1) is 22.0. The fourth-order valence-corrected chi connectivity index (χ4v) is 5.00. The first-order chi connectivity index (χ1) is 11.3. The summed E-state index contributed by atoms with van der Waals surface area (Å²) in [6, 6.07) is 0. The van der Waals surface area contributed by atoms with Crippen LogP contribution in [0.4, 0.5) is 0 Å². The van der Waals surface area contributed by atoms with Gasteiger partial charge in [0.1, 0.15) is 0 Å². The van der Waals surface area contributed by atoms with Gasteiger partial charge in [-0.3, -0.25) is 17.7 Å². The molecule has 144 valence electrons. The van der Waals surface area contributed by atoms with Crippen molar-refractivity contribution in [2.45, 2.75) is 12.3 Å². The second kappa shape index (κ2) is 8.56. The Balaban J connectivity index is 3.45. The van der Waals surface area contributed by atoms with Gasteiger partial charge in [0.2, 0.25) is 0 Å². The van der Waals surface area contributed by atoms with E-state index in [0.717, 1.165) is 0 Å². The summed E-state index contributed by atoms with van der Waals surface area (Å²) in [5, 5.41) is 0. The van der Waals surface area contributed by atoms with Crippen LogP contribution in [0.2, 0.25) is 0 Å². The van der Waals surface area contributed by atoms with E-state index >= 15 is 0 Å². The summed E-state index contributed by atoms with van der Waals surface area (Å²) in [6.07, 6.45) is -4.33. The standard InChI is InChI=1S/C10H24O12Si2/c1-11-9(12-2)19-23(15-5,16-6)21-10(13-3,14-4)22-24(17-7,18-8)20-9/h1-8H3. The lowest BCUT2D eigenvalue weighted by molar-refractivity contribution is -0.512. The Morgan fingerprint density at radius 3 is 0.792 bits per heavy atom. The molecule has 0 aliphatic carbocycles. The summed E-state index contributed by atoms with van der Waals surface area (Å²) in [6.45, 7) is 0. The summed E-state index contributed by atoms with van der Waals surface area (Å²) in [4.78, 5) is 0. The van der Waals surface area contributed by atoms with Crippen molar-refractivity contribution in [3.63, 3.8) is 0 Å². The van der Waals surface area contributed by atoms with E-state index in [4.69, 9.17) is 54.4 Å². The van der Waals surface area contributed by atoms with Gasteiger partial charge in [0.25, 0.3) is 0 Å². The fraction of sp³-hybridized carbons (Fsp3) is 1.00. The van der Waals surface area contributed by atoms with Crippen molar-refractivity contribution < 1.29 is 54.4 Å². The zero-order valence-corrected chi connectivity index (χ0v) is 16.9. The molecule has 1 aliphatic heterocycles. The smallest absolute Gasteiger partial charge is 0.354 e. The van der Waals surface area contributed by atoms with Crippen molar-refractivity contribution >= 4 is 18.1 Å². The third-order valence-corrected chi connectivity index (χ3v) is 7.00. The minimum Gasteiger partial charge on any atom is -0.354 e. The summed E-state index contributed by atoms with van der Waals surface area (Å²) in [5.41, 5.74) is 0. The highest BCUT2D eigenvalue weighted by Gasteiger charge is 2.69. The lowest BCUT2D eigenvalue weighted by Gasteiger charge is -2.45. The number of hydrogen-bond acceptors (Lipinski definition) is 12. The third kappa shape index (κ3) is 4.19. The second-order valence-electron chi connectivity index (χ2n) is 4.04. The Morgan fingerprint density at radius 1 is 0.458 bits per heavy atom. The van der Waals surface area contributed by atoms with Gasteiger partial charge in [0.05, 0.1) is 0 Å². The van der Waals surface area contributed by atoms with E-state index in [-0.39, 0.29) is 0 Å². The van der Waals surface area contributed by atoms with Crippen LogP contribution >= 0.6 is 0 Å². The van der Waals surface area contributed by atoms with Gasteiger partial charge in [0.15, 0.2) is 0 Å². The van der Waals surface area contributed by atoms with Crippen LogP contribution in [0.5, 0.6) is 0 Å². The summed E-state index contributed by atoms with van der Waals surface area (Å²) >= 11 is 0. The molecule has 0 unspecified atom stereocenters. The van der Waals surface area contributed by atoms with Crippen molar-refractivity contribution in [2.24, 2.45) is 0 Å². The molecule has 0 aromatic heterocycles. The maximum atomic E-state index is 5.62. The van der Waals surface area contributed by atoms with Crippen LogP contribution in [0.3, 0.4) is 0 Å². The van der Waals surface area contributed by atoms with E-state index in [9.17, 15) is 0 Å². The number of rotatable bonds is 8. The number of methoxy groups -OCH3 is 4. The minimum absolute atomic E-state index is 1.25. The van der Waals surface area contributed by atoms with E-state index < -0.39 is 30.4 Å². The Morgan fingerprint density at radius 2 is 0.667 bits per heavy atom. The zero-order valence-electron chi connectivity index (χ0n) is 14.9. The van der Waals surface area contributed by atoms with Gasteiger partial charge in [-0.1, -0.05) is 0 Å². The largest absolute Gasteiger partial charge is 0.690 e. The van der Waals surface area contributed by atoms with Gasteiger partial charge in [-0.25, -0.2) is 0 Å². The van der Waals surface area contributed by atoms with E-state index in [1.165, 1.54) is 56.9 Å². The molecular weight excluding hydrogens is 368 g/mol. The fourth-order valence-electron chi connectivity index (χ4n) is 1.70. The average molecular weight is 392 g/mol. The Hall–Kier alpha value is -0.0462. The minimum atomic E-state index is -3.99. The monoisotopic (exact) mass is 392 g/mol. The molecule has 0 aromatic carbocycles. The molecule has 0 spiro atoms. The molecule has 24 heavy (non-hydrogen) atoms. The lowest BCUT2D eigenvalue weighted by atomic mass is 11.1. The van der Waals surface area contributed by atoms with Gasteiger partial charge in [-0.2, -0.15) is 0 Å². The first-order valence-electron chi connectivity index (χ1n) is 6.53. The van der Waals surface area contributed by atoms with E-state index in [1.54, 1.807) is 0 Å². The van der Waals surface area contributed by atoms with Gasteiger partial charge in [-0.15, -0.1) is 0 Å². The summed E-state index contributed by atoms with van der Waals surface area (Å²) in [7, 11) is 2.12. The van der Waals surface area contributed by atoms with Crippen LogP contribution in [0, 0.1) is 0 Å². The first-order valence-corrected chi connectivity index (χ1v) is 9.80. The Bertz CT molecular complexity index is 292. The molecule has 12 nitrogen and oxygen atoms in total. The van der Waals surface area contributed by atoms with Crippen LogP contribution in [0.25, 0.3) is 0 Å². The maximum Gasteiger partial charge on any atom is 0.690 e. The molecule has 1 fully saturated rings. The quantitative estimate of drug-likeness (QED) is 0.386. The van der Waals surface area contributed by atoms with Gasteiger partial charge in [-0.05, 0) is 0 Å². The van der Waals surface area contributed by atoms with Gasteiger partial charge < -0.3 is 36.7 Å². The maximum absolute atomic E-state index is 5.62. The van der Waals surface area contributed by atoms with Crippen LogP contribution in [0.15, 0.2) is 0 Å². The molecule has 0 saturated carbocycles. The van der Waals surface area contributed by atoms with Crippen LogP contribution < -0.4 is 0 Å². The van der Waals surface area contributed by atoms with Crippen LogP contribution in [-0.4, -0.2) is 87.3 Å². The van der Waals surface area contributed by atoms with Crippen molar-refractivity contribution in [2.75, 3.05) is 56.9 Å². The molecule has 0 aromatic rings. The van der Waals surface area contributed by atoms with Gasteiger partial charge in [0, 0.05) is 56.9 Å². The van der Waals surface area contributed by atoms with Crippen molar-refractivity contribution in [1.82, 2.24) is 0 Å². The number of hydrogen-bond donors (Lipinski definition) is 0. The predicted octanol–water partition coefficient (Wildman–Crippen LogP) is -0.669. The van der Waals surface area contributed by atoms with Crippen molar-refractivity contribution in [3.8, 4) is 0 Å². The van der Waals surface area contributed by atoms with E-state index in [0.29, 0.717) is 0 Å². The van der Waals surface area contributed by atoms with Gasteiger partial charge >= 0.3 is 30.4 Å². The molecule has 1 saturated heterocycles. The highest BCUT2D eigenvalue weighted by Crippen LogP contribution is 2.37. The molecular formula is C10H24O12Si2. The summed E-state index contributed by atoms with van der Waals surface area (Å²) in [5.74, 6) is 0. The Kier molecular flexibility index (Phi) is 7.84. The molecule has 0 radical (unpaired) electrons. The SMILES string of the molecule is COC1(OC)O[Si](OC)(OC)OC(OC)(OC)O[Si](OC)(OC)O1. The molecule has 0 bridgehead atoms. The highest BCUT2D eigenvalue weighted by molar-refractivity contribution is 6.55. The van der Waals surface area contributed by atoms with Crippen LogP contribution in [-0.2, 0) is 54.4 Å². The highest BCUT2D eigenvalue weighted by atomic mass is 28.4. The normalized spacial score (nSPS) is 25.0. The summed E-state index contributed by atoms with van der Waals surface area (Å²) < 4.78 is 64.1. The van der Waals surface area contributed by atoms with Crippen LogP contribution in [0.1, 0.15) is 0 Å². The van der Waals surface area contributed by atoms with E-state index in [1.807, 2.05) is 0 Å². The zero-order chi connectivity index (χ0) is 18.5. The molecule has 0 atom stereocenters. The molecule has 0 N–H and O–H groups in total. The lowest BCUT2D eigenvalue weighted by Crippen LogP contribution is -2.71. The van der Waals surface area contributed by atoms with Crippen molar-refractivity contribution in [3.05, 3.63) is 0 Å². The molecule has 1 heterocycles. The molecule has 14 heteroatoms. The second-order valence-corrected chi connectivity index (χ2v) is 8.49. The molecule has 0 amide bonds. The topological polar surface area (TPSA) is 111 Å². The number of ether oxygens (including phenoxy) is 4.